The maximum absolute atomic E-state index is 12.2. The van der Waals surface area contributed by atoms with Crippen molar-refractivity contribution in [1.82, 2.24) is 14.3 Å². The predicted molar refractivity (Wildman–Crippen MR) is 96.7 cm³/mol. The summed E-state index contributed by atoms with van der Waals surface area (Å²) in [6.07, 6.45) is 3.80. The molecule has 1 unspecified atom stereocenters. The molecule has 7 heteroatoms. The molecule has 0 amide bonds. The molecule has 3 rings (SSSR count). The van der Waals surface area contributed by atoms with E-state index in [0.29, 0.717) is 0 Å². The van der Waals surface area contributed by atoms with E-state index in [0.717, 1.165) is 28.3 Å². The summed E-state index contributed by atoms with van der Waals surface area (Å²) in [5.41, 5.74) is 3.53. The lowest BCUT2D eigenvalue weighted by atomic mass is 10.2. The van der Waals surface area contributed by atoms with E-state index in [9.17, 15) is 9.00 Å². The standard InChI is InChI=1S/C18H19N3O3S/c1-13-7-3-4-8-16(13)21-18(20-9-5-6-10-20)15(14(2)19-21)11-25(24)12-17(22)23/h3-10H,11-12H2,1-2H3,(H,22,23). The zero-order valence-corrected chi connectivity index (χ0v) is 14.9. The molecule has 0 saturated heterocycles. The fraction of sp³-hybridized carbons (Fsp3) is 0.222. The minimum Gasteiger partial charge on any atom is -0.481 e. The summed E-state index contributed by atoms with van der Waals surface area (Å²) in [5.74, 6) is -0.502. The van der Waals surface area contributed by atoms with Crippen molar-refractivity contribution in [2.75, 3.05) is 5.75 Å². The first-order valence-electron chi connectivity index (χ1n) is 7.82. The number of hydrogen-bond donors (Lipinski definition) is 1. The van der Waals surface area contributed by atoms with Crippen molar-refractivity contribution >= 4 is 16.8 Å². The summed E-state index contributed by atoms with van der Waals surface area (Å²) in [6, 6.07) is 11.7. The lowest BCUT2D eigenvalue weighted by molar-refractivity contribution is -0.133. The molecule has 0 fully saturated rings. The van der Waals surface area contributed by atoms with E-state index in [1.807, 2.05) is 71.9 Å². The van der Waals surface area contributed by atoms with Crippen LogP contribution in [0.4, 0.5) is 0 Å². The molecule has 3 aromatic rings. The highest BCUT2D eigenvalue weighted by Crippen LogP contribution is 2.25. The second-order valence-corrected chi connectivity index (χ2v) is 7.26. The maximum Gasteiger partial charge on any atom is 0.316 e. The number of aryl methyl sites for hydroxylation is 2. The summed E-state index contributed by atoms with van der Waals surface area (Å²) < 4.78 is 15.9. The number of para-hydroxylation sites is 1. The van der Waals surface area contributed by atoms with E-state index < -0.39 is 16.8 Å². The first-order chi connectivity index (χ1) is 12.0. The van der Waals surface area contributed by atoms with E-state index in [1.54, 1.807) is 0 Å². The minimum atomic E-state index is -1.50. The molecule has 1 aromatic carbocycles. The zero-order valence-electron chi connectivity index (χ0n) is 14.0. The van der Waals surface area contributed by atoms with Gasteiger partial charge >= 0.3 is 5.97 Å². The maximum atomic E-state index is 12.2. The zero-order chi connectivity index (χ0) is 18.0. The predicted octanol–water partition coefficient (Wildman–Crippen LogP) is 2.61. The number of aromatic nitrogens is 3. The Balaban J connectivity index is 2.14. The molecule has 130 valence electrons. The Morgan fingerprint density at radius 1 is 1.16 bits per heavy atom. The van der Waals surface area contributed by atoms with Crippen molar-refractivity contribution in [3.05, 3.63) is 65.6 Å². The average Bonchev–Trinajstić information content (AvgIpc) is 3.16. The molecule has 0 radical (unpaired) electrons. The van der Waals surface area contributed by atoms with Gasteiger partial charge in [-0.25, -0.2) is 4.68 Å². The number of benzene rings is 1. The van der Waals surface area contributed by atoms with Crippen LogP contribution in [0.2, 0.25) is 0 Å². The largest absolute Gasteiger partial charge is 0.481 e. The second-order valence-electron chi connectivity index (χ2n) is 5.80. The van der Waals surface area contributed by atoms with Crippen molar-refractivity contribution in [2.45, 2.75) is 19.6 Å². The van der Waals surface area contributed by atoms with Gasteiger partial charge in [-0.15, -0.1) is 0 Å². The smallest absolute Gasteiger partial charge is 0.316 e. The summed E-state index contributed by atoms with van der Waals surface area (Å²) in [6.45, 7) is 3.86. The van der Waals surface area contributed by atoms with Gasteiger partial charge in [0.2, 0.25) is 0 Å². The summed E-state index contributed by atoms with van der Waals surface area (Å²) in [7, 11) is -1.50. The third kappa shape index (κ3) is 3.56. The van der Waals surface area contributed by atoms with Crippen LogP contribution in [0.25, 0.3) is 11.5 Å². The molecule has 2 aromatic heterocycles. The molecular formula is C18H19N3O3S. The van der Waals surface area contributed by atoms with Gasteiger partial charge in [0.15, 0.2) is 0 Å². The van der Waals surface area contributed by atoms with Crippen LogP contribution in [0.5, 0.6) is 0 Å². The molecule has 0 aliphatic heterocycles. The van der Waals surface area contributed by atoms with E-state index in [4.69, 9.17) is 5.11 Å². The first-order valence-corrected chi connectivity index (χ1v) is 9.31. The molecule has 2 heterocycles. The molecule has 1 N–H and O–H groups in total. The Hall–Kier alpha value is -2.67. The van der Waals surface area contributed by atoms with E-state index in [1.165, 1.54) is 0 Å². The topological polar surface area (TPSA) is 77.1 Å². The van der Waals surface area contributed by atoms with Crippen LogP contribution in [0.3, 0.4) is 0 Å². The molecule has 0 spiro atoms. The van der Waals surface area contributed by atoms with Crippen molar-refractivity contribution < 1.29 is 14.1 Å². The number of carboxylic acids is 1. The Kier molecular flexibility index (Phi) is 4.85. The number of carboxylic acid groups (broad SMARTS) is 1. The monoisotopic (exact) mass is 357 g/mol. The van der Waals surface area contributed by atoms with Gasteiger partial charge < -0.3 is 9.67 Å². The quantitative estimate of drug-likeness (QED) is 0.736. The number of rotatable bonds is 6. The minimum absolute atomic E-state index is 0.150. The number of hydrogen-bond acceptors (Lipinski definition) is 3. The molecule has 0 bridgehead atoms. The molecular weight excluding hydrogens is 338 g/mol. The Morgan fingerprint density at radius 3 is 2.48 bits per heavy atom. The van der Waals surface area contributed by atoms with Gasteiger partial charge in [0.1, 0.15) is 11.6 Å². The third-order valence-corrected chi connectivity index (χ3v) is 5.12. The first kappa shape index (κ1) is 17.2. The lowest BCUT2D eigenvalue weighted by Gasteiger charge is -2.12. The van der Waals surface area contributed by atoms with Crippen molar-refractivity contribution in [3.63, 3.8) is 0 Å². The lowest BCUT2D eigenvalue weighted by Crippen LogP contribution is -2.13. The Bertz CT molecular complexity index is 929. The van der Waals surface area contributed by atoms with E-state index >= 15 is 0 Å². The molecule has 6 nitrogen and oxygen atoms in total. The van der Waals surface area contributed by atoms with Crippen molar-refractivity contribution in [3.8, 4) is 11.5 Å². The summed E-state index contributed by atoms with van der Waals surface area (Å²) in [4.78, 5) is 10.9. The highest BCUT2D eigenvalue weighted by molar-refractivity contribution is 7.84. The van der Waals surface area contributed by atoms with Gasteiger partial charge in [-0.2, -0.15) is 5.10 Å². The SMILES string of the molecule is Cc1ccccc1-n1nc(C)c(CS(=O)CC(=O)O)c1-n1cccc1. The molecule has 0 saturated carbocycles. The van der Waals surface area contributed by atoms with E-state index in [-0.39, 0.29) is 11.5 Å². The molecule has 1 atom stereocenters. The van der Waals surface area contributed by atoms with Gasteiger partial charge in [0.25, 0.3) is 0 Å². The van der Waals surface area contributed by atoms with Gasteiger partial charge in [0, 0.05) is 28.8 Å². The van der Waals surface area contributed by atoms with Gasteiger partial charge in [0.05, 0.1) is 17.1 Å². The molecule has 0 aliphatic rings. The van der Waals surface area contributed by atoms with Crippen LogP contribution >= 0.6 is 0 Å². The highest BCUT2D eigenvalue weighted by atomic mass is 32.2. The fourth-order valence-corrected chi connectivity index (χ4v) is 3.81. The summed E-state index contributed by atoms with van der Waals surface area (Å²) >= 11 is 0. The molecule has 0 aliphatic carbocycles. The second kappa shape index (κ2) is 7.06. The van der Waals surface area contributed by atoms with Crippen LogP contribution < -0.4 is 0 Å². The van der Waals surface area contributed by atoms with Gasteiger partial charge in [-0.1, -0.05) is 18.2 Å². The Morgan fingerprint density at radius 2 is 1.84 bits per heavy atom. The molecule has 25 heavy (non-hydrogen) atoms. The summed E-state index contributed by atoms with van der Waals surface area (Å²) in [5, 5.41) is 13.5. The van der Waals surface area contributed by atoms with E-state index in [2.05, 4.69) is 5.10 Å². The third-order valence-electron chi connectivity index (χ3n) is 3.94. The van der Waals surface area contributed by atoms with Crippen LogP contribution in [-0.4, -0.2) is 35.4 Å². The van der Waals surface area contributed by atoms with Crippen molar-refractivity contribution in [1.29, 1.82) is 0 Å². The van der Waals surface area contributed by atoms with Gasteiger partial charge in [-0.05, 0) is 37.6 Å². The van der Waals surface area contributed by atoms with Crippen LogP contribution in [0.1, 0.15) is 16.8 Å². The van der Waals surface area contributed by atoms with Crippen LogP contribution in [0, 0.1) is 13.8 Å². The number of nitrogens with zero attached hydrogens (tertiary/aromatic N) is 3. The van der Waals surface area contributed by atoms with Gasteiger partial charge in [-0.3, -0.25) is 9.00 Å². The van der Waals surface area contributed by atoms with Crippen LogP contribution in [0.15, 0.2) is 48.8 Å². The Labute approximate surface area is 148 Å². The fourth-order valence-electron chi connectivity index (χ4n) is 2.78. The van der Waals surface area contributed by atoms with Crippen LogP contribution in [-0.2, 0) is 21.3 Å². The highest BCUT2D eigenvalue weighted by Gasteiger charge is 2.21. The normalized spacial score (nSPS) is 12.2. The van der Waals surface area contributed by atoms with Crippen molar-refractivity contribution in [2.24, 2.45) is 0 Å². The average molecular weight is 357 g/mol. The number of aliphatic carboxylic acids is 1. The number of carbonyl (C=O) groups is 1.